The Morgan fingerprint density at radius 3 is 2.35 bits per heavy atom. The zero-order valence-electron chi connectivity index (χ0n) is 19.7. The molecule has 0 unspecified atom stereocenters. The summed E-state index contributed by atoms with van der Waals surface area (Å²) in [5, 5.41) is 0. The van der Waals surface area contributed by atoms with E-state index >= 15 is 0 Å². The molecule has 2 fully saturated rings. The van der Waals surface area contributed by atoms with Gasteiger partial charge in [0, 0.05) is 17.9 Å². The minimum atomic E-state index is -0.943. The third kappa shape index (κ3) is 5.08. The number of hydrogen-bond acceptors (Lipinski definition) is 5. The van der Waals surface area contributed by atoms with E-state index in [9.17, 15) is 14.4 Å². The number of esters is 2. The number of allylic oxidation sites excluding steroid dienone is 3. The molecule has 6 atom stereocenters. The van der Waals surface area contributed by atoms with E-state index < -0.39 is 30.1 Å². The van der Waals surface area contributed by atoms with Gasteiger partial charge in [-0.1, -0.05) is 51.2 Å². The van der Waals surface area contributed by atoms with Crippen LogP contribution in [0, 0.1) is 23.7 Å². The predicted octanol–water partition coefficient (Wildman–Crippen LogP) is 5.13. The summed E-state index contributed by atoms with van der Waals surface area (Å²) in [5.41, 5.74) is 3.11. The summed E-state index contributed by atoms with van der Waals surface area (Å²) >= 11 is 0. The molecule has 0 aromatic carbocycles. The molecule has 0 N–H and O–H groups in total. The fourth-order valence-electron chi connectivity index (χ4n) is 4.49. The summed E-state index contributed by atoms with van der Waals surface area (Å²) in [7, 11) is 0. The van der Waals surface area contributed by atoms with E-state index in [-0.39, 0.29) is 23.5 Å². The van der Waals surface area contributed by atoms with Crippen molar-refractivity contribution >= 4 is 17.7 Å². The molecule has 2 aliphatic carbocycles. The van der Waals surface area contributed by atoms with Gasteiger partial charge in [-0.3, -0.25) is 9.59 Å². The Kier molecular flexibility index (Phi) is 8.21. The van der Waals surface area contributed by atoms with Gasteiger partial charge in [-0.05, 0) is 57.1 Å². The Balaban J connectivity index is 2.43. The molecule has 0 bridgehead atoms. The van der Waals surface area contributed by atoms with Gasteiger partial charge in [-0.15, -0.1) is 0 Å². The van der Waals surface area contributed by atoms with Crippen LogP contribution >= 0.6 is 0 Å². The molecular weight excluding hydrogens is 392 g/mol. The van der Waals surface area contributed by atoms with Crippen LogP contribution in [0.1, 0.15) is 60.8 Å². The second-order valence-electron chi connectivity index (χ2n) is 8.86. The van der Waals surface area contributed by atoms with E-state index in [1.807, 2.05) is 34.6 Å². The van der Waals surface area contributed by atoms with Crippen LogP contribution in [-0.2, 0) is 23.9 Å². The average Bonchev–Trinajstić information content (AvgIpc) is 3.00. The van der Waals surface area contributed by atoms with Crippen LogP contribution in [0.25, 0.3) is 0 Å². The van der Waals surface area contributed by atoms with Crippen molar-refractivity contribution in [2.24, 2.45) is 23.7 Å². The molecule has 0 aromatic rings. The van der Waals surface area contributed by atoms with E-state index in [1.165, 1.54) is 6.08 Å². The highest BCUT2D eigenvalue weighted by Crippen LogP contribution is 2.52. The molecular formula is C26H36O5. The van der Waals surface area contributed by atoms with E-state index in [1.54, 1.807) is 13.0 Å². The first-order chi connectivity index (χ1) is 14.6. The number of carbonyl (C=O) groups excluding carboxylic acids is 3. The lowest BCUT2D eigenvalue weighted by atomic mass is 9.66. The van der Waals surface area contributed by atoms with Gasteiger partial charge >= 0.3 is 11.9 Å². The molecule has 0 heterocycles. The lowest BCUT2D eigenvalue weighted by Gasteiger charge is -2.41. The maximum Gasteiger partial charge on any atom is 0.331 e. The zero-order chi connectivity index (χ0) is 23.5. The molecule has 170 valence electrons. The van der Waals surface area contributed by atoms with Crippen molar-refractivity contribution in [2.75, 3.05) is 0 Å². The average molecular weight is 429 g/mol. The number of fused-ring (bicyclic) bond motifs is 1. The molecule has 2 saturated carbocycles. The van der Waals surface area contributed by atoms with E-state index in [4.69, 9.17) is 9.47 Å². The van der Waals surface area contributed by atoms with Crippen LogP contribution in [0.4, 0.5) is 0 Å². The van der Waals surface area contributed by atoms with Gasteiger partial charge in [0.25, 0.3) is 0 Å². The first-order valence-electron chi connectivity index (χ1n) is 11.2. The van der Waals surface area contributed by atoms with Crippen molar-refractivity contribution in [1.82, 2.24) is 0 Å². The molecule has 31 heavy (non-hydrogen) atoms. The first-order valence-corrected chi connectivity index (χ1v) is 11.2. The molecule has 0 aromatic heterocycles. The number of carbonyl (C=O) groups is 3. The molecule has 2 aliphatic rings. The van der Waals surface area contributed by atoms with Gasteiger partial charge < -0.3 is 9.47 Å². The highest BCUT2D eigenvalue weighted by atomic mass is 16.6. The topological polar surface area (TPSA) is 69.7 Å². The van der Waals surface area contributed by atoms with E-state index in [2.05, 4.69) is 13.2 Å². The monoisotopic (exact) mass is 428 g/mol. The van der Waals surface area contributed by atoms with Crippen molar-refractivity contribution in [3.05, 3.63) is 47.6 Å². The molecule has 0 saturated heterocycles. The lowest BCUT2D eigenvalue weighted by Crippen LogP contribution is -2.42. The van der Waals surface area contributed by atoms with Crippen molar-refractivity contribution in [3.8, 4) is 0 Å². The summed E-state index contributed by atoms with van der Waals surface area (Å²) in [6, 6.07) is 0. The molecule has 0 aliphatic heterocycles. The Morgan fingerprint density at radius 2 is 1.84 bits per heavy atom. The first kappa shape index (κ1) is 24.8. The minimum absolute atomic E-state index is 0.0768. The van der Waals surface area contributed by atoms with Gasteiger partial charge in [0.1, 0.15) is 6.10 Å². The van der Waals surface area contributed by atoms with Crippen molar-refractivity contribution in [3.63, 3.8) is 0 Å². The standard InChI is InChI=1S/C26H36O5/c1-9-15(6)12-21(27)30-20-13-19(14(4)5)23-18(11-3)24(28)25(22(23)17(20)8)31-26(29)16(7)10-2/h11-12,16,19-20,22-23,25H,4,8-10,13H2,1-3,5-7H3/b15-12+,18-11+/t16-,19-,20+,22-,23-,25-/m0/s1. The molecule has 2 rings (SSSR count). The third-order valence-electron chi connectivity index (χ3n) is 6.74. The smallest absolute Gasteiger partial charge is 0.331 e. The van der Waals surface area contributed by atoms with Crippen LogP contribution in [0.2, 0.25) is 0 Å². The largest absolute Gasteiger partial charge is 0.455 e. The highest BCUT2D eigenvalue weighted by Gasteiger charge is 2.56. The summed E-state index contributed by atoms with van der Waals surface area (Å²) in [5.74, 6) is -1.99. The quantitative estimate of drug-likeness (QED) is 0.320. The fourth-order valence-corrected chi connectivity index (χ4v) is 4.49. The van der Waals surface area contributed by atoms with Crippen LogP contribution < -0.4 is 0 Å². The van der Waals surface area contributed by atoms with Crippen molar-refractivity contribution < 1.29 is 23.9 Å². The number of ether oxygens (including phenoxy) is 2. The SMILES string of the molecule is C=C1[C@H]2[C@@H](/C(=C\C)C(=O)[C@H]2OC(=O)[C@@H](C)CC)[C@H](C(=C)C)C[C@H]1OC(=O)/C=C(\C)CC. The van der Waals surface area contributed by atoms with Crippen molar-refractivity contribution in [1.29, 1.82) is 0 Å². The fraction of sp³-hybridized carbons (Fsp3) is 0.577. The summed E-state index contributed by atoms with van der Waals surface area (Å²) < 4.78 is 11.5. The van der Waals surface area contributed by atoms with E-state index in [0.29, 0.717) is 24.0 Å². The van der Waals surface area contributed by atoms with Crippen LogP contribution in [-0.4, -0.2) is 29.9 Å². The normalized spacial score (nSPS) is 30.7. The van der Waals surface area contributed by atoms with Crippen LogP contribution in [0.3, 0.4) is 0 Å². The Morgan fingerprint density at radius 1 is 1.19 bits per heavy atom. The summed E-state index contributed by atoms with van der Waals surface area (Å²) in [6.45, 7) is 19.6. The Bertz CT molecular complexity index is 831. The maximum absolute atomic E-state index is 13.2. The number of ketones is 1. The Labute approximate surface area is 186 Å². The molecule has 0 amide bonds. The second kappa shape index (κ2) is 10.3. The predicted molar refractivity (Wildman–Crippen MR) is 121 cm³/mol. The van der Waals surface area contributed by atoms with Crippen molar-refractivity contribution in [2.45, 2.75) is 73.0 Å². The second-order valence-corrected chi connectivity index (χ2v) is 8.86. The summed E-state index contributed by atoms with van der Waals surface area (Å²) in [4.78, 5) is 38.2. The summed E-state index contributed by atoms with van der Waals surface area (Å²) in [6.07, 6.45) is 3.69. The van der Waals surface area contributed by atoms with Gasteiger partial charge in [0.2, 0.25) is 0 Å². The molecule has 5 heteroatoms. The maximum atomic E-state index is 13.2. The molecule has 0 spiro atoms. The van der Waals surface area contributed by atoms with Crippen LogP contribution in [0.5, 0.6) is 0 Å². The molecule has 0 radical (unpaired) electrons. The molecule has 5 nitrogen and oxygen atoms in total. The van der Waals surface area contributed by atoms with Crippen LogP contribution in [0.15, 0.2) is 47.6 Å². The highest BCUT2D eigenvalue weighted by molar-refractivity contribution is 6.04. The lowest BCUT2D eigenvalue weighted by molar-refractivity contribution is -0.160. The third-order valence-corrected chi connectivity index (χ3v) is 6.74. The number of Topliss-reactive ketones (excluding diaryl/α,β-unsaturated/α-hetero) is 1. The van der Waals surface area contributed by atoms with Gasteiger partial charge in [-0.25, -0.2) is 4.79 Å². The zero-order valence-corrected chi connectivity index (χ0v) is 19.7. The number of rotatable bonds is 7. The van der Waals surface area contributed by atoms with Gasteiger partial charge in [0.15, 0.2) is 11.9 Å². The van der Waals surface area contributed by atoms with Gasteiger partial charge in [0.05, 0.1) is 5.92 Å². The number of hydrogen-bond donors (Lipinski definition) is 0. The van der Waals surface area contributed by atoms with Gasteiger partial charge in [-0.2, -0.15) is 0 Å². The minimum Gasteiger partial charge on any atom is -0.455 e. The Hall–Kier alpha value is -2.43. The van der Waals surface area contributed by atoms with E-state index in [0.717, 1.165) is 17.6 Å².